The minimum absolute atomic E-state index is 0.370. The molecule has 0 saturated carbocycles. The summed E-state index contributed by atoms with van der Waals surface area (Å²) in [6.07, 6.45) is -0.792. The second-order valence-corrected chi connectivity index (χ2v) is 7.14. The molecule has 0 atom stereocenters. The van der Waals surface area contributed by atoms with Crippen LogP contribution in [0.4, 0.5) is 4.79 Å². The Morgan fingerprint density at radius 3 is 1.95 bits per heavy atom. The number of hydrogen-bond donors (Lipinski definition) is 1. The number of hydrogen-bond acceptors (Lipinski definition) is 4. The number of nitrogens with two attached hydrogens (primary N) is 1. The summed E-state index contributed by atoms with van der Waals surface area (Å²) in [5.74, 6) is 0. The van der Waals surface area contributed by atoms with Crippen LogP contribution >= 0.6 is 0 Å². The topological polar surface area (TPSA) is 70.8 Å². The molecule has 1 fully saturated rings. The molecule has 1 saturated heterocycles. The molecule has 1 aliphatic heterocycles. The molecular formula is C16H24BNO4. The van der Waals surface area contributed by atoms with Crippen LogP contribution in [-0.4, -0.2) is 24.4 Å². The van der Waals surface area contributed by atoms with E-state index >= 15 is 0 Å². The van der Waals surface area contributed by atoms with Gasteiger partial charge in [-0.2, -0.15) is 0 Å². The second-order valence-electron chi connectivity index (χ2n) is 7.14. The van der Waals surface area contributed by atoms with E-state index in [-0.39, 0.29) is 11.2 Å². The molecule has 1 aromatic rings. The van der Waals surface area contributed by atoms with Gasteiger partial charge in [-0.1, -0.05) is 24.3 Å². The fourth-order valence-corrected chi connectivity index (χ4v) is 2.33. The van der Waals surface area contributed by atoms with E-state index in [1.807, 2.05) is 52.0 Å². The summed E-state index contributed by atoms with van der Waals surface area (Å²) in [6, 6.07) is 7.62. The van der Waals surface area contributed by atoms with Gasteiger partial charge in [-0.25, -0.2) is 4.79 Å². The van der Waals surface area contributed by atoms with Crippen molar-refractivity contribution in [1.29, 1.82) is 0 Å². The first-order valence-corrected chi connectivity index (χ1v) is 7.39. The predicted molar refractivity (Wildman–Crippen MR) is 85.9 cm³/mol. The molecule has 1 aromatic carbocycles. The Morgan fingerprint density at radius 2 is 1.55 bits per heavy atom. The molecule has 0 aromatic heterocycles. The van der Waals surface area contributed by atoms with Crippen LogP contribution in [0.3, 0.4) is 0 Å². The first-order chi connectivity index (χ1) is 9.95. The number of ether oxygens (including phenoxy) is 1. The van der Waals surface area contributed by atoms with Crippen LogP contribution in [0.25, 0.3) is 0 Å². The molecule has 2 N–H and O–H groups in total. The Bertz CT molecular complexity index is 550. The third-order valence-electron chi connectivity index (χ3n) is 4.49. The molecule has 120 valence electrons. The normalized spacial score (nSPS) is 20.0. The van der Waals surface area contributed by atoms with E-state index in [9.17, 15) is 4.79 Å². The predicted octanol–water partition coefficient (Wildman–Crippen LogP) is 2.32. The van der Waals surface area contributed by atoms with Crippen LogP contribution in [0.2, 0.25) is 0 Å². The van der Waals surface area contributed by atoms with Gasteiger partial charge in [0.2, 0.25) is 0 Å². The Kier molecular flexibility index (Phi) is 4.04. The van der Waals surface area contributed by atoms with Crippen molar-refractivity contribution in [2.45, 2.75) is 58.3 Å². The van der Waals surface area contributed by atoms with Gasteiger partial charge in [0, 0.05) is 0 Å². The highest BCUT2D eigenvalue weighted by molar-refractivity contribution is 6.62. The van der Waals surface area contributed by atoms with Gasteiger partial charge < -0.3 is 19.8 Å². The summed E-state index contributed by atoms with van der Waals surface area (Å²) >= 11 is 0. The summed E-state index contributed by atoms with van der Waals surface area (Å²) in [5, 5.41) is 0. The molecule has 22 heavy (non-hydrogen) atoms. The molecule has 0 spiro atoms. The molecule has 1 amide bonds. The van der Waals surface area contributed by atoms with Gasteiger partial charge in [0.25, 0.3) is 0 Å². The van der Waals surface area contributed by atoms with Crippen LogP contribution in [0.5, 0.6) is 0 Å². The minimum Gasteiger partial charge on any atom is -0.439 e. The Labute approximate surface area is 132 Å². The van der Waals surface area contributed by atoms with Crippen molar-refractivity contribution in [3.63, 3.8) is 0 Å². The molecule has 0 unspecified atom stereocenters. The molecule has 2 rings (SSSR count). The standard InChI is InChI=1S/C16H24BNO4/c1-14(2,20-13(18)19)11-7-9-12(10-8-11)17-21-15(3,4)16(5,6)22-17/h7-10H,1-6H3,(H2,18,19). The smallest absolute Gasteiger partial charge is 0.439 e. The lowest BCUT2D eigenvalue weighted by Crippen LogP contribution is -2.41. The van der Waals surface area contributed by atoms with Crippen molar-refractivity contribution in [2.24, 2.45) is 5.73 Å². The molecule has 1 aliphatic rings. The van der Waals surface area contributed by atoms with Crippen molar-refractivity contribution in [2.75, 3.05) is 0 Å². The van der Waals surface area contributed by atoms with E-state index in [2.05, 4.69) is 0 Å². The zero-order chi connectivity index (χ0) is 16.8. The zero-order valence-electron chi connectivity index (χ0n) is 14.1. The highest BCUT2D eigenvalue weighted by atomic mass is 16.7. The number of carbonyl (C=O) groups is 1. The molecule has 0 radical (unpaired) electrons. The lowest BCUT2D eigenvalue weighted by Gasteiger charge is -2.32. The molecule has 0 aliphatic carbocycles. The summed E-state index contributed by atoms with van der Waals surface area (Å²) in [5.41, 5.74) is 5.37. The first kappa shape index (κ1) is 16.8. The summed E-state index contributed by atoms with van der Waals surface area (Å²) in [4.78, 5) is 11.0. The van der Waals surface area contributed by atoms with Crippen LogP contribution in [0.1, 0.15) is 47.1 Å². The quantitative estimate of drug-likeness (QED) is 0.870. The number of amides is 1. The maximum Gasteiger partial charge on any atom is 0.494 e. The Hall–Kier alpha value is -1.53. The van der Waals surface area contributed by atoms with Crippen LogP contribution in [0.15, 0.2) is 24.3 Å². The molecule has 5 nitrogen and oxygen atoms in total. The zero-order valence-corrected chi connectivity index (χ0v) is 14.1. The van der Waals surface area contributed by atoms with Crippen LogP contribution < -0.4 is 11.2 Å². The molecule has 6 heteroatoms. The average molecular weight is 305 g/mol. The number of benzene rings is 1. The van der Waals surface area contributed by atoms with E-state index < -0.39 is 18.8 Å². The Morgan fingerprint density at radius 1 is 1.09 bits per heavy atom. The van der Waals surface area contributed by atoms with E-state index in [0.29, 0.717) is 0 Å². The molecular weight excluding hydrogens is 281 g/mol. The van der Waals surface area contributed by atoms with E-state index in [4.69, 9.17) is 19.8 Å². The third kappa shape index (κ3) is 3.13. The fourth-order valence-electron chi connectivity index (χ4n) is 2.33. The SMILES string of the molecule is CC(C)(OC(N)=O)c1ccc(B2OC(C)(C)C(C)(C)O2)cc1. The van der Waals surface area contributed by atoms with E-state index in [1.54, 1.807) is 13.8 Å². The van der Waals surface area contributed by atoms with Crippen molar-refractivity contribution < 1.29 is 18.8 Å². The summed E-state index contributed by atoms with van der Waals surface area (Å²) in [7, 11) is -0.403. The summed E-state index contributed by atoms with van der Waals surface area (Å²) < 4.78 is 17.2. The Balaban J connectivity index is 2.19. The molecule has 0 bridgehead atoms. The highest BCUT2D eigenvalue weighted by Crippen LogP contribution is 2.36. The van der Waals surface area contributed by atoms with E-state index in [0.717, 1.165) is 11.0 Å². The van der Waals surface area contributed by atoms with E-state index in [1.165, 1.54) is 0 Å². The van der Waals surface area contributed by atoms with Crippen molar-refractivity contribution >= 4 is 18.7 Å². The van der Waals surface area contributed by atoms with Gasteiger partial charge in [-0.15, -0.1) is 0 Å². The number of carbonyl (C=O) groups excluding carboxylic acids is 1. The van der Waals surface area contributed by atoms with Gasteiger partial charge in [-0.05, 0) is 52.6 Å². The van der Waals surface area contributed by atoms with Gasteiger partial charge in [-0.3, -0.25) is 0 Å². The maximum atomic E-state index is 11.0. The van der Waals surface area contributed by atoms with Crippen LogP contribution in [-0.2, 0) is 19.6 Å². The van der Waals surface area contributed by atoms with Gasteiger partial charge in [0.1, 0.15) is 5.60 Å². The van der Waals surface area contributed by atoms with Gasteiger partial charge in [0.05, 0.1) is 11.2 Å². The first-order valence-electron chi connectivity index (χ1n) is 7.39. The van der Waals surface area contributed by atoms with Crippen LogP contribution in [0, 0.1) is 0 Å². The number of rotatable bonds is 3. The van der Waals surface area contributed by atoms with Crippen molar-refractivity contribution in [3.05, 3.63) is 29.8 Å². The average Bonchev–Trinajstić information content (AvgIpc) is 2.57. The van der Waals surface area contributed by atoms with Gasteiger partial charge in [0.15, 0.2) is 0 Å². The van der Waals surface area contributed by atoms with Gasteiger partial charge >= 0.3 is 13.2 Å². The van der Waals surface area contributed by atoms with Crippen molar-refractivity contribution in [1.82, 2.24) is 0 Å². The minimum atomic E-state index is -0.792. The highest BCUT2D eigenvalue weighted by Gasteiger charge is 2.51. The van der Waals surface area contributed by atoms with Crippen molar-refractivity contribution in [3.8, 4) is 0 Å². The largest absolute Gasteiger partial charge is 0.494 e. The lowest BCUT2D eigenvalue weighted by atomic mass is 9.78. The third-order valence-corrected chi connectivity index (χ3v) is 4.49. The fraction of sp³-hybridized carbons (Fsp3) is 0.562. The molecule has 1 heterocycles. The maximum absolute atomic E-state index is 11.0. The summed E-state index contributed by atoms with van der Waals surface area (Å²) in [6.45, 7) is 11.7. The second kappa shape index (κ2) is 5.28. The monoisotopic (exact) mass is 305 g/mol. The number of primary amides is 1. The lowest BCUT2D eigenvalue weighted by molar-refractivity contribution is 0.00578.